The van der Waals surface area contributed by atoms with E-state index in [0.717, 1.165) is 17.1 Å². The van der Waals surface area contributed by atoms with E-state index in [9.17, 15) is 8.42 Å². The molecule has 23 heavy (non-hydrogen) atoms. The number of nitrogens with zero attached hydrogens (tertiary/aromatic N) is 3. The van der Waals surface area contributed by atoms with Crippen LogP contribution in [0.15, 0.2) is 24.3 Å². The van der Waals surface area contributed by atoms with Gasteiger partial charge in [-0.1, -0.05) is 23.7 Å². The van der Waals surface area contributed by atoms with Crippen LogP contribution in [0.3, 0.4) is 0 Å². The largest absolute Gasteiger partial charge is 0.370 e. The van der Waals surface area contributed by atoms with Gasteiger partial charge in [0.2, 0.25) is 10.0 Å². The minimum absolute atomic E-state index is 0.192. The van der Waals surface area contributed by atoms with Gasteiger partial charge in [0.05, 0.1) is 11.4 Å². The molecule has 0 unspecified atom stereocenters. The lowest BCUT2D eigenvalue weighted by atomic mass is 10.2. The van der Waals surface area contributed by atoms with Crippen LogP contribution in [0.5, 0.6) is 0 Å². The summed E-state index contributed by atoms with van der Waals surface area (Å²) in [6, 6.07) is 9.36. The van der Waals surface area contributed by atoms with Gasteiger partial charge < -0.3 is 5.32 Å². The maximum absolute atomic E-state index is 12.0. The molecule has 0 saturated carbocycles. The van der Waals surface area contributed by atoms with Crippen molar-refractivity contribution in [3.8, 4) is 6.07 Å². The molecule has 1 N–H and O–H groups in total. The van der Waals surface area contributed by atoms with E-state index in [1.807, 2.05) is 24.3 Å². The van der Waals surface area contributed by atoms with Crippen molar-refractivity contribution < 1.29 is 8.42 Å². The van der Waals surface area contributed by atoms with Crippen LogP contribution in [-0.2, 0) is 16.6 Å². The van der Waals surface area contributed by atoms with Crippen molar-refractivity contribution in [3.05, 3.63) is 40.5 Å². The number of benzene rings is 1. The number of hydrogen-bond donors (Lipinski definition) is 1. The third-order valence-corrected chi connectivity index (χ3v) is 6.56. The molecular weight excluding hydrogens is 356 g/mol. The molecule has 0 radical (unpaired) electrons. The van der Waals surface area contributed by atoms with Crippen molar-refractivity contribution in [1.29, 1.82) is 5.26 Å². The van der Waals surface area contributed by atoms with Crippen LogP contribution in [0.25, 0.3) is 0 Å². The van der Waals surface area contributed by atoms with Crippen molar-refractivity contribution in [2.45, 2.75) is 13.0 Å². The predicted molar refractivity (Wildman–Crippen MR) is 91.4 cm³/mol. The molecule has 1 aromatic heterocycles. The summed E-state index contributed by atoms with van der Waals surface area (Å²) in [7, 11) is -3.19. The lowest BCUT2D eigenvalue weighted by Gasteiger charge is -2.17. The van der Waals surface area contributed by atoms with Crippen molar-refractivity contribution in [2.75, 3.05) is 21.9 Å². The van der Waals surface area contributed by atoms with Gasteiger partial charge in [-0.3, -0.25) is 4.31 Å². The Morgan fingerprint density at radius 3 is 3.00 bits per heavy atom. The number of rotatable bonds is 4. The summed E-state index contributed by atoms with van der Waals surface area (Å²) < 4.78 is 29.4. The first-order valence-corrected chi connectivity index (χ1v) is 9.66. The van der Waals surface area contributed by atoms with Crippen LogP contribution in [0.2, 0.25) is 5.15 Å². The average Bonchev–Trinajstić information content (AvgIpc) is 3.07. The Balaban J connectivity index is 1.77. The molecule has 9 heteroatoms. The summed E-state index contributed by atoms with van der Waals surface area (Å²) in [4.78, 5) is 0. The van der Waals surface area contributed by atoms with Gasteiger partial charge in [-0.2, -0.15) is 9.64 Å². The third kappa shape index (κ3) is 3.27. The van der Waals surface area contributed by atoms with Crippen molar-refractivity contribution >= 4 is 43.8 Å². The van der Waals surface area contributed by atoms with Gasteiger partial charge in [-0.25, -0.2) is 8.42 Å². The average molecular weight is 369 g/mol. The Morgan fingerprint density at radius 2 is 2.30 bits per heavy atom. The van der Waals surface area contributed by atoms with E-state index >= 15 is 0 Å². The second-order valence-corrected chi connectivity index (χ2v) is 8.20. The highest BCUT2D eigenvalue weighted by molar-refractivity contribution is 7.93. The summed E-state index contributed by atoms with van der Waals surface area (Å²) in [6.45, 7) is 0.969. The van der Waals surface area contributed by atoms with E-state index in [0.29, 0.717) is 35.8 Å². The van der Waals surface area contributed by atoms with Crippen LogP contribution < -0.4 is 9.62 Å². The predicted octanol–water partition coefficient (Wildman–Crippen LogP) is 2.82. The first kappa shape index (κ1) is 16.1. The SMILES string of the molecule is N#Cc1c(Cl)nsc1NCc1cccc(N2CCCS2(=O)=O)c1. The summed E-state index contributed by atoms with van der Waals surface area (Å²) in [6.07, 6.45) is 0.649. The topological polar surface area (TPSA) is 86.1 Å². The molecule has 0 aliphatic carbocycles. The smallest absolute Gasteiger partial charge is 0.235 e. The van der Waals surface area contributed by atoms with Crippen LogP contribution in [0.1, 0.15) is 17.5 Å². The molecule has 0 atom stereocenters. The van der Waals surface area contributed by atoms with E-state index in [2.05, 4.69) is 9.69 Å². The van der Waals surface area contributed by atoms with Gasteiger partial charge >= 0.3 is 0 Å². The van der Waals surface area contributed by atoms with E-state index in [1.54, 1.807) is 6.07 Å². The maximum Gasteiger partial charge on any atom is 0.235 e. The monoisotopic (exact) mass is 368 g/mol. The van der Waals surface area contributed by atoms with Crippen molar-refractivity contribution in [1.82, 2.24) is 4.37 Å². The molecule has 1 aliphatic rings. The van der Waals surface area contributed by atoms with Gasteiger partial charge in [0, 0.05) is 13.1 Å². The number of hydrogen-bond acceptors (Lipinski definition) is 6. The number of nitrogens with one attached hydrogen (secondary N) is 1. The Morgan fingerprint density at radius 1 is 1.48 bits per heavy atom. The van der Waals surface area contributed by atoms with Crippen LogP contribution in [-0.4, -0.2) is 25.1 Å². The molecule has 6 nitrogen and oxygen atoms in total. The quantitative estimate of drug-likeness (QED) is 0.896. The molecule has 0 bridgehead atoms. The zero-order chi connectivity index (χ0) is 16.4. The van der Waals surface area contributed by atoms with Gasteiger partial charge in [0.1, 0.15) is 16.6 Å². The van der Waals surface area contributed by atoms with Crippen LogP contribution >= 0.6 is 23.1 Å². The fourth-order valence-electron chi connectivity index (χ4n) is 2.42. The maximum atomic E-state index is 12.0. The lowest BCUT2D eigenvalue weighted by molar-refractivity contribution is 0.599. The van der Waals surface area contributed by atoms with Gasteiger partial charge in [0.15, 0.2) is 5.15 Å². The minimum Gasteiger partial charge on any atom is -0.370 e. The van der Waals surface area contributed by atoms with Gasteiger partial charge in [-0.05, 0) is 35.6 Å². The summed E-state index contributed by atoms with van der Waals surface area (Å²) in [5.41, 5.74) is 1.91. The number of halogens is 1. The number of nitriles is 1. The second-order valence-electron chi connectivity index (χ2n) is 5.05. The number of aromatic nitrogens is 1. The highest BCUT2D eigenvalue weighted by Gasteiger charge is 2.28. The van der Waals surface area contributed by atoms with Gasteiger partial charge in [-0.15, -0.1) is 0 Å². The highest BCUT2D eigenvalue weighted by atomic mass is 35.5. The molecule has 0 spiro atoms. The Labute approximate surface area is 143 Å². The zero-order valence-electron chi connectivity index (χ0n) is 12.0. The fraction of sp³-hybridized carbons (Fsp3) is 0.286. The van der Waals surface area contributed by atoms with E-state index in [4.69, 9.17) is 16.9 Å². The molecule has 1 aliphatic heterocycles. The van der Waals surface area contributed by atoms with Crippen LogP contribution in [0.4, 0.5) is 10.7 Å². The first-order valence-electron chi connectivity index (χ1n) is 6.90. The molecule has 1 fully saturated rings. The Bertz CT molecular complexity index is 873. The van der Waals surface area contributed by atoms with Crippen molar-refractivity contribution in [2.24, 2.45) is 0 Å². The molecule has 120 valence electrons. The highest BCUT2D eigenvalue weighted by Crippen LogP contribution is 2.29. The van der Waals surface area contributed by atoms with Gasteiger partial charge in [0.25, 0.3) is 0 Å². The molecule has 1 saturated heterocycles. The Hall–Kier alpha value is -1.82. The van der Waals surface area contributed by atoms with E-state index in [1.165, 1.54) is 4.31 Å². The minimum atomic E-state index is -3.19. The van der Waals surface area contributed by atoms with Crippen LogP contribution in [0, 0.1) is 11.3 Å². The summed E-state index contributed by atoms with van der Waals surface area (Å²) >= 11 is 6.96. The van der Waals surface area contributed by atoms with Crippen molar-refractivity contribution in [3.63, 3.8) is 0 Å². The molecule has 3 rings (SSSR count). The summed E-state index contributed by atoms with van der Waals surface area (Å²) in [5.74, 6) is 0.195. The number of anilines is 2. The third-order valence-electron chi connectivity index (χ3n) is 3.51. The number of sulfonamides is 1. The molecule has 2 aromatic rings. The molecular formula is C14H13ClN4O2S2. The molecule has 2 heterocycles. The van der Waals surface area contributed by atoms with E-state index in [-0.39, 0.29) is 10.9 Å². The lowest BCUT2D eigenvalue weighted by Crippen LogP contribution is -2.25. The fourth-order valence-corrected chi connectivity index (χ4v) is 4.91. The normalized spacial score (nSPS) is 16.3. The standard InChI is InChI=1S/C14H13ClN4O2S2/c15-13-12(8-16)14(22-18-13)17-9-10-3-1-4-11(7-10)19-5-2-6-23(19,20)21/h1,3-4,7,17H,2,5-6,9H2. The second kappa shape index (κ2) is 6.35. The Kier molecular flexibility index (Phi) is 4.43. The molecule has 0 amide bonds. The zero-order valence-corrected chi connectivity index (χ0v) is 14.4. The molecule has 1 aromatic carbocycles. The summed E-state index contributed by atoms with van der Waals surface area (Å²) in [5, 5.41) is 13.0. The first-order chi connectivity index (χ1) is 11.0. The van der Waals surface area contributed by atoms with E-state index < -0.39 is 10.0 Å².